The van der Waals surface area contributed by atoms with E-state index >= 15 is 0 Å². The highest BCUT2D eigenvalue weighted by molar-refractivity contribution is 4.93. The van der Waals surface area contributed by atoms with Crippen LogP contribution < -0.4 is 0 Å². The third-order valence-corrected chi connectivity index (χ3v) is 3.04. The van der Waals surface area contributed by atoms with Crippen LogP contribution in [0.15, 0.2) is 0 Å². The molecule has 0 aromatic carbocycles. The van der Waals surface area contributed by atoms with Crippen molar-refractivity contribution in [1.82, 2.24) is 0 Å². The van der Waals surface area contributed by atoms with Crippen LogP contribution in [0.1, 0.15) is 6.42 Å². The standard InChI is InChI=1S/C8H12O4/c9-5-3-11-8-6(5)4-1-2-10-7(4)12-8/h4-9H,1-3H2/t4-,5+,6+,7+,8+/m0/s1. The largest absolute Gasteiger partial charge is 0.390 e. The molecule has 3 rings (SSSR count). The van der Waals surface area contributed by atoms with E-state index in [9.17, 15) is 5.11 Å². The predicted octanol–water partition coefficient (Wildman–Crippen LogP) is -0.287. The van der Waals surface area contributed by atoms with E-state index in [4.69, 9.17) is 14.2 Å². The summed E-state index contributed by atoms with van der Waals surface area (Å²) in [6.45, 7) is 1.17. The molecule has 5 atom stereocenters. The summed E-state index contributed by atoms with van der Waals surface area (Å²) in [5, 5.41) is 9.59. The maximum Gasteiger partial charge on any atom is 0.166 e. The van der Waals surface area contributed by atoms with Crippen molar-refractivity contribution in [3.63, 3.8) is 0 Å². The summed E-state index contributed by atoms with van der Waals surface area (Å²) in [5.41, 5.74) is 0. The molecule has 0 spiro atoms. The maximum absolute atomic E-state index is 9.59. The summed E-state index contributed by atoms with van der Waals surface area (Å²) in [4.78, 5) is 0. The Hall–Kier alpha value is -0.160. The van der Waals surface area contributed by atoms with E-state index in [1.165, 1.54) is 0 Å². The molecule has 68 valence electrons. The minimum Gasteiger partial charge on any atom is -0.390 e. The molecule has 0 bridgehead atoms. The predicted molar refractivity (Wildman–Crippen MR) is 38.2 cm³/mol. The Morgan fingerprint density at radius 3 is 3.00 bits per heavy atom. The van der Waals surface area contributed by atoms with Gasteiger partial charge in [0.15, 0.2) is 12.6 Å². The second-order valence-corrected chi connectivity index (χ2v) is 3.67. The van der Waals surface area contributed by atoms with Crippen LogP contribution in [0.5, 0.6) is 0 Å². The minimum atomic E-state index is -0.355. The average Bonchev–Trinajstić information content (AvgIpc) is 2.61. The number of rotatable bonds is 0. The summed E-state index contributed by atoms with van der Waals surface area (Å²) < 4.78 is 16.1. The molecule has 0 saturated carbocycles. The van der Waals surface area contributed by atoms with Crippen molar-refractivity contribution < 1.29 is 19.3 Å². The van der Waals surface area contributed by atoms with E-state index in [1.54, 1.807) is 0 Å². The van der Waals surface area contributed by atoms with E-state index in [0.29, 0.717) is 12.5 Å². The molecule has 0 aromatic rings. The molecule has 3 fully saturated rings. The highest BCUT2D eigenvalue weighted by Gasteiger charge is 2.54. The Morgan fingerprint density at radius 1 is 1.17 bits per heavy atom. The smallest absolute Gasteiger partial charge is 0.166 e. The molecule has 0 aliphatic carbocycles. The molecule has 3 saturated heterocycles. The molecular weight excluding hydrogens is 160 g/mol. The van der Waals surface area contributed by atoms with Gasteiger partial charge in [-0.25, -0.2) is 0 Å². The number of ether oxygens (including phenoxy) is 3. The molecule has 0 aromatic heterocycles. The molecular formula is C8H12O4. The zero-order chi connectivity index (χ0) is 8.13. The zero-order valence-corrected chi connectivity index (χ0v) is 6.68. The van der Waals surface area contributed by atoms with Gasteiger partial charge in [-0.1, -0.05) is 0 Å². The van der Waals surface area contributed by atoms with Crippen molar-refractivity contribution in [3.8, 4) is 0 Å². The lowest BCUT2D eigenvalue weighted by molar-refractivity contribution is -0.188. The summed E-state index contributed by atoms with van der Waals surface area (Å²) in [6, 6.07) is 0. The Bertz CT molecular complexity index is 195. The second kappa shape index (κ2) is 2.42. The van der Waals surface area contributed by atoms with E-state index in [2.05, 4.69) is 0 Å². The van der Waals surface area contributed by atoms with Gasteiger partial charge in [-0.2, -0.15) is 0 Å². The van der Waals surface area contributed by atoms with Gasteiger partial charge in [-0.05, 0) is 6.42 Å². The molecule has 0 amide bonds. The van der Waals surface area contributed by atoms with Crippen LogP contribution in [0, 0.1) is 11.8 Å². The first-order valence-corrected chi connectivity index (χ1v) is 4.43. The molecule has 0 radical (unpaired) electrons. The van der Waals surface area contributed by atoms with E-state index in [-0.39, 0.29) is 24.6 Å². The van der Waals surface area contributed by atoms with Gasteiger partial charge in [0.05, 0.1) is 19.3 Å². The number of aliphatic hydroxyl groups is 1. The lowest BCUT2D eigenvalue weighted by atomic mass is 9.89. The molecule has 12 heavy (non-hydrogen) atoms. The van der Waals surface area contributed by atoms with Crippen molar-refractivity contribution in [3.05, 3.63) is 0 Å². The number of hydrogen-bond acceptors (Lipinski definition) is 4. The Labute approximate surface area is 70.4 Å². The van der Waals surface area contributed by atoms with Gasteiger partial charge in [0.1, 0.15) is 0 Å². The van der Waals surface area contributed by atoms with Crippen LogP contribution in [0.3, 0.4) is 0 Å². The Balaban J connectivity index is 1.85. The highest BCUT2D eigenvalue weighted by Crippen LogP contribution is 2.44. The zero-order valence-electron chi connectivity index (χ0n) is 6.68. The molecule has 3 aliphatic rings. The lowest BCUT2D eigenvalue weighted by Gasteiger charge is -2.14. The van der Waals surface area contributed by atoms with Crippen molar-refractivity contribution in [2.75, 3.05) is 13.2 Å². The average molecular weight is 172 g/mol. The van der Waals surface area contributed by atoms with Crippen LogP contribution in [0.4, 0.5) is 0 Å². The second-order valence-electron chi connectivity index (χ2n) is 3.67. The quantitative estimate of drug-likeness (QED) is 0.545. The summed E-state index contributed by atoms with van der Waals surface area (Å²) in [7, 11) is 0. The SMILES string of the molecule is O[C@@H]1CO[C@@H]2O[C@H]3OCC[C@H]3[C@@H]21. The van der Waals surface area contributed by atoms with E-state index in [0.717, 1.165) is 13.0 Å². The number of fused-ring (bicyclic) bond motifs is 3. The topological polar surface area (TPSA) is 47.9 Å². The fourth-order valence-corrected chi connectivity index (χ4v) is 2.44. The first kappa shape index (κ1) is 7.26. The van der Waals surface area contributed by atoms with Crippen molar-refractivity contribution in [2.24, 2.45) is 11.8 Å². The van der Waals surface area contributed by atoms with Gasteiger partial charge in [0.25, 0.3) is 0 Å². The maximum atomic E-state index is 9.59. The summed E-state index contributed by atoms with van der Waals surface area (Å²) in [5.74, 6) is 0.505. The molecule has 0 unspecified atom stereocenters. The minimum absolute atomic E-state index is 0.116. The Morgan fingerprint density at radius 2 is 2.08 bits per heavy atom. The summed E-state index contributed by atoms with van der Waals surface area (Å²) in [6.07, 6.45) is 0.309. The van der Waals surface area contributed by atoms with Gasteiger partial charge in [0.2, 0.25) is 0 Å². The van der Waals surface area contributed by atoms with Crippen LogP contribution in [-0.2, 0) is 14.2 Å². The molecule has 3 heterocycles. The van der Waals surface area contributed by atoms with Crippen LogP contribution in [0.2, 0.25) is 0 Å². The van der Waals surface area contributed by atoms with Gasteiger partial charge in [-0.3, -0.25) is 0 Å². The molecule has 4 nitrogen and oxygen atoms in total. The van der Waals surface area contributed by atoms with Gasteiger partial charge >= 0.3 is 0 Å². The first-order chi connectivity index (χ1) is 5.86. The molecule has 3 aliphatic heterocycles. The number of aliphatic hydroxyl groups excluding tert-OH is 1. The fraction of sp³-hybridized carbons (Fsp3) is 1.00. The van der Waals surface area contributed by atoms with Crippen molar-refractivity contribution >= 4 is 0 Å². The highest BCUT2D eigenvalue weighted by atomic mass is 16.8. The van der Waals surface area contributed by atoms with Crippen molar-refractivity contribution in [2.45, 2.75) is 25.1 Å². The van der Waals surface area contributed by atoms with E-state index < -0.39 is 0 Å². The first-order valence-electron chi connectivity index (χ1n) is 4.43. The van der Waals surface area contributed by atoms with Crippen LogP contribution in [-0.4, -0.2) is 37.0 Å². The summed E-state index contributed by atoms with van der Waals surface area (Å²) >= 11 is 0. The van der Waals surface area contributed by atoms with Gasteiger partial charge in [-0.15, -0.1) is 0 Å². The Kier molecular flexibility index (Phi) is 1.46. The third kappa shape index (κ3) is 0.808. The van der Waals surface area contributed by atoms with Crippen LogP contribution in [0.25, 0.3) is 0 Å². The van der Waals surface area contributed by atoms with E-state index in [1.807, 2.05) is 0 Å². The third-order valence-electron chi connectivity index (χ3n) is 3.04. The lowest BCUT2D eigenvalue weighted by Crippen LogP contribution is -2.26. The molecule has 1 N–H and O–H groups in total. The van der Waals surface area contributed by atoms with Crippen molar-refractivity contribution in [1.29, 1.82) is 0 Å². The van der Waals surface area contributed by atoms with Gasteiger partial charge in [0, 0.05) is 11.8 Å². The van der Waals surface area contributed by atoms with Gasteiger partial charge < -0.3 is 19.3 Å². The van der Waals surface area contributed by atoms with Crippen LogP contribution >= 0.6 is 0 Å². The number of hydrogen-bond donors (Lipinski definition) is 1. The fourth-order valence-electron chi connectivity index (χ4n) is 2.44. The normalized spacial score (nSPS) is 57.2. The molecule has 4 heteroatoms. The monoisotopic (exact) mass is 172 g/mol.